The maximum Gasteiger partial charge on any atom is 0.338 e. The van der Waals surface area contributed by atoms with Crippen LogP contribution in [0.3, 0.4) is 0 Å². The first-order chi connectivity index (χ1) is 28.2. The summed E-state index contributed by atoms with van der Waals surface area (Å²) in [6.45, 7) is 16.5. The second-order valence-electron chi connectivity index (χ2n) is 18.8. The van der Waals surface area contributed by atoms with Crippen molar-refractivity contribution in [3.05, 3.63) is 96.1 Å². The maximum absolute atomic E-state index is 12.7. The number of benzene rings is 2. The van der Waals surface area contributed by atoms with Gasteiger partial charge >= 0.3 is 5.97 Å². The van der Waals surface area contributed by atoms with Gasteiger partial charge in [-0.25, -0.2) is 4.79 Å². The molecular formula is C50H68O9. The summed E-state index contributed by atoms with van der Waals surface area (Å²) in [7, 11) is 0. The summed E-state index contributed by atoms with van der Waals surface area (Å²) in [5.74, 6) is -0.0643. The average Bonchev–Trinajstić information content (AvgIpc) is 3.47. The molecule has 0 amide bonds. The van der Waals surface area contributed by atoms with E-state index in [-0.39, 0.29) is 61.2 Å². The normalized spacial score (nSPS) is 39.2. The lowest BCUT2D eigenvalue weighted by Crippen LogP contribution is -2.59. The van der Waals surface area contributed by atoms with Crippen molar-refractivity contribution in [1.29, 1.82) is 0 Å². The number of fused-ring (bicyclic) bond motifs is 5. The summed E-state index contributed by atoms with van der Waals surface area (Å²) < 4.78 is 40.1. The second-order valence-corrected chi connectivity index (χ2v) is 18.8. The predicted octanol–water partition coefficient (Wildman–Crippen LogP) is 9.29. The zero-order chi connectivity index (χ0) is 42.0. The van der Waals surface area contributed by atoms with Crippen molar-refractivity contribution in [2.24, 2.45) is 5.92 Å². The lowest BCUT2D eigenvalue weighted by molar-refractivity contribution is -0.273. The highest BCUT2D eigenvalue weighted by Gasteiger charge is 2.58. The predicted molar refractivity (Wildman–Crippen MR) is 230 cm³/mol. The average molecular weight is 813 g/mol. The van der Waals surface area contributed by atoms with Gasteiger partial charge in [0.25, 0.3) is 0 Å². The molecule has 0 aromatic heterocycles. The van der Waals surface area contributed by atoms with Crippen molar-refractivity contribution in [3.63, 3.8) is 0 Å². The van der Waals surface area contributed by atoms with Gasteiger partial charge < -0.3 is 38.6 Å². The van der Waals surface area contributed by atoms with Crippen LogP contribution in [0.2, 0.25) is 0 Å². The van der Waals surface area contributed by atoms with Gasteiger partial charge in [0.1, 0.15) is 12.7 Å². The number of esters is 1. The summed E-state index contributed by atoms with van der Waals surface area (Å²) in [4.78, 5) is 12.7. The largest absolute Gasteiger partial charge is 0.458 e. The molecule has 0 bridgehead atoms. The highest BCUT2D eigenvalue weighted by Crippen LogP contribution is 2.49. The van der Waals surface area contributed by atoms with Crippen LogP contribution in [0.15, 0.2) is 90.6 Å². The zero-order valence-electron chi connectivity index (χ0n) is 36.1. The Morgan fingerprint density at radius 1 is 0.864 bits per heavy atom. The van der Waals surface area contributed by atoms with Gasteiger partial charge in [0.05, 0.1) is 71.2 Å². The van der Waals surface area contributed by atoms with Crippen LogP contribution in [-0.4, -0.2) is 94.5 Å². The third-order valence-electron chi connectivity index (χ3n) is 14.2. The molecule has 5 heterocycles. The number of ether oxygens (including phenoxy) is 6. The van der Waals surface area contributed by atoms with E-state index in [2.05, 4.69) is 46.4 Å². The fourth-order valence-electron chi connectivity index (χ4n) is 10.2. The first-order valence-electron chi connectivity index (χ1n) is 22.2. The standard InChI is InChI=1S/C50H68O9/c1-8-9-10-11-19-43-48(5,53)25-22-40-41(55-43)23-26-49(6)45(56-40)30-42-46(59-49)38(51)31-50(7)44(57-42)28-34(4)39(58-50)18-14-15-32(2)33(3)24-27-54-47(52)37-21-20-35-16-12-13-17-36(35)29-37/h8-10,12-13,15-17,20-21,24,29,34,38-46,51,53H,1,11,14,18-19,22-23,25-28,30-31H2,2-7H3. The van der Waals surface area contributed by atoms with Gasteiger partial charge in [0, 0.05) is 12.8 Å². The van der Waals surface area contributed by atoms with Crippen molar-refractivity contribution < 1.29 is 43.4 Å². The molecule has 0 radical (unpaired) electrons. The molecule has 5 saturated heterocycles. The lowest BCUT2D eigenvalue weighted by atomic mass is 9.79. The molecule has 5 aliphatic heterocycles. The summed E-state index contributed by atoms with van der Waals surface area (Å²) in [5, 5.41) is 25.4. The highest BCUT2D eigenvalue weighted by molar-refractivity contribution is 5.95. The fraction of sp³-hybridized carbons (Fsp3) is 0.620. The van der Waals surface area contributed by atoms with Gasteiger partial charge in [0.15, 0.2) is 0 Å². The number of aliphatic hydroxyl groups excluding tert-OH is 1. The molecule has 13 atom stereocenters. The van der Waals surface area contributed by atoms with Gasteiger partial charge in [0.2, 0.25) is 0 Å². The number of carbonyl (C=O) groups excluding carboxylic acids is 1. The molecule has 5 aliphatic rings. The molecule has 2 aromatic rings. The lowest BCUT2D eigenvalue weighted by Gasteiger charge is -2.49. The van der Waals surface area contributed by atoms with Crippen molar-refractivity contribution >= 4 is 16.7 Å². The molecule has 5 fully saturated rings. The van der Waals surface area contributed by atoms with E-state index in [1.54, 1.807) is 6.08 Å². The van der Waals surface area contributed by atoms with E-state index in [0.29, 0.717) is 31.2 Å². The highest BCUT2D eigenvalue weighted by atomic mass is 16.6. The molecule has 9 nitrogen and oxygen atoms in total. The van der Waals surface area contributed by atoms with Crippen LogP contribution in [0.5, 0.6) is 0 Å². The van der Waals surface area contributed by atoms with Gasteiger partial charge in [-0.15, -0.1) is 0 Å². The van der Waals surface area contributed by atoms with Crippen LogP contribution < -0.4 is 0 Å². The minimum absolute atomic E-state index is 0.0162. The van der Waals surface area contributed by atoms with Crippen molar-refractivity contribution in [2.45, 2.75) is 184 Å². The SMILES string of the molecule is C=CC=CCCC1OC2CCC3(C)OC4C(O)CC5(C)OC(CCC=C(C)C(C)=CCOC(=O)c6ccc7ccccc7c6)C(C)CC5OC4CC3OC2CCC1(C)O. The third-order valence-corrected chi connectivity index (χ3v) is 14.2. The number of rotatable bonds is 11. The summed E-state index contributed by atoms with van der Waals surface area (Å²) in [6.07, 6.45) is 15.3. The number of hydrogen-bond acceptors (Lipinski definition) is 9. The molecule has 2 aromatic carbocycles. The minimum atomic E-state index is -0.938. The molecule has 9 heteroatoms. The van der Waals surface area contributed by atoms with Crippen LogP contribution in [0.1, 0.15) is 123 Å². The second kappa shape index (κ2) is 18.4. The number of hydrogen-bond donors (Lipinski definition) is 2. The zero-order valence-corrected chi connectivity index (χ0v) is 36.1. The summed E-state index contributed by atoms with van der Waals surface area (Å²) in [5.41, 5.74) is 0.563. The van der Waals surface area contributed by atoms with E-state index >= 15 is 0 Å². The minimum Gasteiger partial charge on any atom is -0.458 e. The molecular weight excluding hydrogens is 745 g/mol. The quantitative estimate of drug-likeness (QED) is 0.169. The molecule has 0 saturated carbocycles. The van der Waals surface area contributed by atoms with Gasteiger partial charge in [-0.2, -0.15) is 0 Å². The summed E-state index contributed by atoms with van der Waals surface area (Å²) >= 11 is 0. The first kappa shape index (κ1) is 43.9. The van der Waals surface area contributed by atoms with Crippen molar-refractivity contribution in [2.75, 3.05) is 6.61 Å². The summed E-state index contributed by atoms with van der Waals surface area (Å²) in [6, 6.07) is 13.6. The van der Waals surface area contributed by atoms with Crippen LogP contribution >= 0.6 is 0 Å². The molecule has 0 spiro atoms. The van der Waals surface area contributed by atoms with Gasteiger partial charge in [-0.3, -0.25) is 0 Å². The van der Waals surface area contributed by atoms with E-state index < -0.39 is 29.0 Å². The third kappa shape index (κ3) is 9.99. The van der Waals surface area contributed by atoms with Crippen molar-refractivity contribution in [1.82, 2.24) is 0 Å². The van der Waals surface area contributed by atoms with E-state index in [0.717, 1.165) is 66.9 Å². The van der Waals surface area contributed by atoms with Crippen LogP contribution in [0, 0.1) is 5.92 Å². The van der Waals surface area contributed by atoms with E-state index in [9.17, 15) is 15.0 Å². The topological polar surface area (TPSA) is 113 Å². The number of aliphatic hydroxyl groups is 2. The smallest absolute Gasteiger partial charge is 0.338 e. The van der Waals surface area contributed by atoms with Crippen molar-refractivity contribution in [3.8, 4) is 0 Å². The van der Waals surface area contributed by atoms with Gasteiger partial charge in [-0.05, 0) is 133 Å². The van der Waals surface area contributed by atoms with E-state index in [4.69, 9.17) is 28.4 Å². The Labute approximate surface area is 351 Å². The Balaban J connectivity index is 0.933. The fourth-order valence-corrected chi connectivity index (χ4v) is 10.2. The molecule has 13 unspecified atom stereocenters. The Hall–Kier alpha value is -3.15. The van der Waals surface area contributed by atoms with Crippen LogP contribution in [-0.2, 0) is 28.4 Å². The molecule has 2 N–H and O–H groups in total. The van der Waals surface area contributed by atoms with E-state index in [1.165, 1.54) is 0 Å². The Morgan fingerprint density at radius 3 is 2.37 bits per heavy atom. The molecule has 0 aliphatic carbocycles. The Kier molecular flexibility index (Phi) is 13.7. The molecule has 7 rings (SSSR count). The Morgan fingerprint density at radius 2 is 1.58 bits per heavy atom. The number of allylic oxidation sites excluding steroid dienone is 6. The molecule has 322 valence electrons. The van der Waals surface area contributed by atoms with Gasteiger partial charge in [-0.1, -0.05) is 73.7 Å². The van der Waals surface area contributed by atoms with Crippen LogP contribution in [0.25, 0.3) is 10.8 Å². The molecule has 59 heavy (non-hydrogen) atoms. The first-order valence-corrected chi connectivity index (χ1v) is 22.2. The van der Waals surface area contributed by atoms with E-state index in [1.807, 2.05) is 68.5 Å². The number of carbonyl (C=O) groups is 1. The Bertz CT molecular complexity index is 1880. The monoisotopic (exact) mass is 812 g/mol. The van der Waals surface area contributed by atoms with Crippen LogP contribution in [0.4, 0.5) is 0 Å². The maximum atomic E-state index is 12.7.